The molecule has 1 amide bonds. The molecule has 1 aromatic heterocycles. The zero-order valence-corrected chi connectivity index (χ0v) is 17.9. The van der Waals surface area contributed by atoms with Gasteiger partial charge in [0, 0.05) is 19.2 Å². The Labute approximate surface area is 172 Å². The SMILES string of the molecule is COCCn1c(=NC(=O)c2ccc(S(=O)(=O)C(C)C)cc2)sc2cc(F)ccc21. The minimum Gasteiger partial charge on any atom is -0.383 e. The van der Waals surface area contributed by atoms with E-state index in [1.54, 1.807) is 31.6 Å². The normalized spacial score (nSPS) is 12.8. The number of thiazole rings is 1. The summed E-state index contributed by atoms with van der Waals surface area (Å²) < 4.78 is 45.6. The Morgan fingerprint density at radius 3 is 2.52 bits per heavy atom. The van der Waals surface area contributed by atoms with Gasteiger partial charge < -0.3 is 9.30 Å². The molecule has 0 fully saturated rings. The lowest BCUT2D eigenvalue weighted by Crippen LogP contribution is -2.19. The van der Waals surface area contributed by atoms with Crippen molar-refractivity contribution in [2.75, 3.05) is 13.7 Å². The number of sulfone groups is 1. The smallest absolute Gasteiger partial charge is 0.279 e. The maximum atomic E-state index is 13.6. The number of methoxy groups -OCH3 is 1. The summed E-state index contributed by atoms with van der Waals surface area (Å²) in [6, 6.07) is 10.1. The fraction of sp³-hybridized carbons (Fsp3) is 0.300. The van der Waals surface area contributed by atoms with E-state index in [0.717, 1.165) is 5.52 Å². The molecule has 6 nitrogen and oxygen atoms in total. The monoisotopic (exact) mass is 436 g/mol. The Bertz CT molecular complexity index is 1210. The van der Waals surface area contributed by atoms with E-state index in [9.17, 15) is 17.6 Å². The maximum Gasteiger partial charge on any atom is 0.279 e. The molecule has 0 aliphatic rings. The minimum absolute atomic E-state index is 0.163. The highest BCUT2D eigenvalue weighted by atomic mass is 32.2. The van der Waals surface area contributed by atoms with Crippen molar-refractivity contribution in [3.63, 3.8) is 0 Å². The van der Waals surface area contributed by atoms with Crippen molar-refractivity contribution in [3.8, 4) is 0 Å². The van der Waals surface area contributed by atoms with Crippen LogP contribution >= 0.6 is 11.3 Å². The van der Waals surface area contributed by atoms with Gasteiger partial charge in [0.05, 0.1) is 27.0 Å². The number of amides is 1. The molecule has 0 bridgehead atoms. The number of ether oxygens (including phenoxy) is 1. The van der Waals surface area contributed by atoms with Crippen molar-refractivity contribution in [2.45, 2.75) is 30.5 Å². The average Bonchev–Trinajstić information content (AvgIpc) is 3.02. The summed E-state index contributed by atoms with van der Waals surface area (Å²) in [5.74, 6) is -0.867. The summed E-state index contributed by atoms with van der Waals surface area (Å²) in [5.41, 5.74) is 1.04. The number of rotatable bonds is 6. The third-order valence-corrected chi connectivity index (χ3v) is 7.62. The Balaban J connectivity index is 2.01. The van der Waals surface area contributed by atoms with Gasteiger partial charge in [-0.1, -0.05) is 11.3 Å². The lowest BCUT2D eigenvalue weighted by atomic mass is 10.2. The second kappa shape index (κ2) is 8.56. The molecule has 9 heteroatoms. The molecule has 0 radical (unpaired) electrons. The first-order valence-electron chi connectivity index (χ1n) is 8.95. The highest BCUT2D eigenvalue weighted by Gasteiger charge is 2.19. The molecule has 0 saturated carbocycles. The molecule has 3 rings (SSSR count). The van der Waals surface area contributed by atoms with Gasteiger partial charge in [-0.15, -0.1) is 0 Å². The van der Waals surface area contributed by atoms with Crippen LogP contribution in [-0.2, 0) is 21.1 Å². The quantitative estimate of drug-likeness (QED) is 0.593. The van der Waals surface area contributed by atoms with E-state index in [1.165, 1.54) is 47.7 Å². The lowest BCUT2D eigenvalue weighted by molar-refractivity contribution is 0.0997. The zero-order chi connectivity index (χ0) is 21.2. The first-order chi connectivity index (χ1) is 13.7. The van der Waals surface area contributed by atoms with Crippen LogP contribution in [0.15, 0.2) is 52.4 Å². The van der Waals surface area contributed by atoms with Gasteiger partial charge in [-0.25, -0.2) is 12.8 Å². The lowest BCUT2D eigenvalue weighted by Gasteiger charge is -2.07. The van der Waals surface area contributed by atoms with Gasteiger partial charge in [-0.05, 0) is 56.3 Å². The Morgan fingerprint density at radius 2 is 1.90 bits per heavy atom. The van der Waals surface area contributed by atoms with Gasteiger partial charge in [0.2, 0.25) is 0 Å². The van der Waals surface area contributed by atoms with Crippen LogP contribution in [0.5, 0.6) is 0 Å². The number of hydrogen-bond acceptors (Lipinski definition) is 5. The van der Waals surface area contributed by atoms with E-state index >= 15 is 0 Å². The molecule has 0 spiro atoms. The number of carbonyl (C=O) groups excluding carboxylic acids is 1. The molecule has 0 saturated heterocycles. The molecule has 0 N–H and O–H groups in total. The molecule has 2 aromatic carbocycles. The van der Waals surface area contributed by atoms with Crippen molar-refractivity contribution in [3.05, 3.63) is 58.6 Å². The van der Waals surface area contributed by atoms with Crippen LogP contribution in [0.3, 0.4) is 0 Å². The molecule has 0 atom stereocenters. The number of halogens is 1. The van der Waals surface area contributed by atoms with E-state index < -0.39 is 21.0 Å². The van der Waals surface area contributed by atoms with Crippen molar-refractivity contribution in [2.24, 2.45) is 4.99 Å². The average molecular weight is 437 g/mol. The standard InChI is InChI=1S/C20H21FN2O4S2/c1-13(2)29(25,26)16-7-4-14(5-8-16)19(24)22-20-23(10-11-27-3)17-9-6-15(21)12-18(17)28-20/h4-9,12-13H,10-11H2,1-3H3. The number of aromatic nitrogens is 1. The molecule has 1 heterocycles. The third kappa shape index (κ3) is 4.47. The second-order valence-electron chi connectivity index (χ2n) is 6.68. The predicted molar refractivity (Wildman–Crippen MR) is 110 cm³/mol. The number of carbonyl (C=O) groups is 1. The minimum atomic E-state index is -3.41. The highest BCUT2D eigenvalue weighted by Crippen LogP contribution is 2.20. The van der Waals surface area contributed by atoms with Crippen molar-refractivity contribution < 1.29 is 22.3 Å². The largest absolute Gasteiger partial charge is 0.383 e. The van der Waals surface area contributed by atoms with Crippen LogP contribution in [0.4, 0.5) is 4.39 Å². The van der Waals surface area contributed by atoms with Crippen LogP contribution in [0.25, 0.3) is 10.2 Å². The molecule has 154 valence electrons. The summed E-state index contributed by atoms with van der Waals surface area (Å²) in [7, 11) is -1.84. The summed E-state index contributed by atoms with van der Waals surface area (Å²) in [4.78, 5) is 17.4. The van der Waals surface area contributed by atoms with Crippen molar-refractivity contribution >= 4 is 37.3 Å². The van der Waals surface area contributed by atoms with Gasteiger partial charge in [0.25, 0.3) is 5.91 Å². The number of hydrogen-bond donors (Lipinski definition) is 0. The second-order valence-corrected chi connectivity index (χ2v) is 10.2. The van der Waals surface area contributed by atoms with Crippen LogP contribution in [0.2, 0.25) is 0 Å². The van der Waals surface area contributed by atoms with Crippen LogP contribution < -0.4 is 4.80 Å². The Morgan fingerprint density at radius 1 is 1.21 bits per heavy atom. The van der Waals surface area contributed by atoms with Gasteiger partial charge in [0.15, 0.2) is 14.6 Å². The molecule has 0 aliphatic carbocycles. The summed E-state index contributed by atoms with van der Waals surface area (Å²) in [5, 5.41) is -0.549. The number of nitrogens with zero attached hydrogens (tertiary/aromatic N) is 2. The topological polar surface area (TPSA) is 77.7 Å². The summed E-state index contributed by atoms with van der Waals surface area (Å²) in [6.45, 7) is 4.08. The first-order valence-corrected chi connectivity index (χ1v) is 11.3. The van der Waals surface area contributed by atoms with Crippen LogP contribution in [0.1, 0.15) is 24.2 Å². The molecule has 3 aromatic rings. The molecule has 0 unspecified atom stereocenters. The van der Waals surface area contributed by atoms with Crippen molar-refractivity contribution in [1.29, 1.82) is 0 Å². The zero-order valence-electron chi connectivity index (χ0n) is 16.3. The highest BCUT2D eigenvalue weighted by molar-refractivity contribution is 7.92. The van der Waals surface area contributed by atoms with Gasteiger partial charge in [-0.3, -0.25) is 4.79 Å². The van der Waals surface area contributed by atoms with E-state index in [1.807, 2.05) is 0 Å². The van der Waals surface area contributed by atoms with E-state index in [0.29, 0.717) is 22.7 Å². The van der Waals surface area contributed by atoms with E-state index in [2.05, 4.69) is 4.99 Å². The van der Waals surface area contributed by atoms with Crippen LogP contribution in [-0.4, -0.2) is 37.9 Å². The van der Waals surface area contributed by atoms with E-state index in [-0.39, 0.29) is 16.3 Å². The maximum absolute atomic E-state index is 13.6. The van der Waals surface area contributed by atoms with Gasteiger partial charge in [0.1, 0.15) is 5.82 Å². The number of benzene rings is 2. The van der Waals surface area contributed by atoms with Crippen LogP contribution in [0, 0.1) is 5.82 Å². The molecular formula is C20H21FN2O4S2. The van der Waals surface area contributed by atoms with E-state index in [4.69, 9.17) is 4.74 Å². The van der Waals surface area contributed by atoms with Gasteiger partial charge in [-0.2, -0.15) is 4.99 Å². The molecule has 29 heavy (non-hydrogen) atoms. The fourth-order valence-electron chi connectivity index (χ4n) is 2.74. The van der Waals surface area contributed by atoms with Crippen molar-refractivity contribution in [1.82, 2.24) is 4.57 Å². The number of fused-ring (bicyclic) bond motifs is 1. The Kier molecular flexibility index (Phi) is 6.30. The van der Waals surface area contributed by atoms with Gasteiger partial charge >= 0.3 is 0 Å². The fourth-order valence-corrected chi connectivity index (χ4v) is 4.88. The molecular weight excluding hydrogens is 415 g/mol. The summed E-state index contributed by atoms with van der Waals surface area (Å²) >= 11 is 1.21. The third-order valence-electron chi connectivity index (χ3n) is 4.41. The Hall–Kier alpha value is -2.36. The summed E-state index contributed by atoms with van der Waals surface area (Å²) in [6.07, 6.45) is 0. The molecule has 0 aliphatic heterocycles. The predicted octanol–water partition coefficient (Wildman–Crippen LogP) is 3.41. The first kappa shape index (κ1) is 21.4.